The van der Waals surface area contributed by atoms with E-state index < -0.39 is 0 Å². The largest absolute Gasteiger partial charge is 0.356 e. The Morgan fingerprint density at radius 1 is 0.828 bits per heavy atom. The first-order valence-electron chi connectivity index (χ1n) is 11.3. The fourth-order valence-corrected chi connectivity index (χ4v) is 3.33. The van der Waals surface area contributed by atoms with Gasteiger partial charge in [0.1, 0.15) is 0 Å². The molecule has 2 N–H and O–H groups in total. The number of guanidine groups is 1. The van der Waals surface area contributed by atoms with Crippen molar-refractivity contribution in [3.8, 4) is 0 Å². The number of rotatable bonds is 11. The average molecular weight is 410 g/mol. The Bertz CT molecular complexity index is 511. The van der Waals surface area contributed by atoms with Gasteiger partial charge in [-0.1, -0.05) is 34.1 Å². The molecule has 0 saturated carbocycles. The van der Waals surface area contributed by atoms with Gasteiger partial charge in [-0.05, 0) is 31.1 Å². The van der Waals surface area contributed by atoms with Crippen LogP contribution in [0.3, 0.4) is 0 Å². The zero-order valence-corrected chi connectivity index (χ0v) is 19.3. The Labute approximate surface area is 177 Å². The van der Waals surface area contributed by atoms with Crippen molar-refractivity contribution in [1.82, 2.24) is 20.4 Å². The maximum Gasteiger partial charge on any atom is 0.222 e. The van der Waals surface area contributed by atoms with Gasteiger partial charge in [0.15, 0.2) is 5.96 Å². The van der Waals surface area contributed by atoms with Crippen LogP contribution < -0.4 is 10.6 Å². The van der Waals surface area contributed by atoms with Crippen LogP contribution in [0.15, 0.2) is 4.99 Å². The lowest BCUT2D eigenvalue weighted by Crippen LogP contribution is -2.50. The summed E-state index contributed by atoms with van der Waals surface area (Å²) in [5.41, 5.74) is 0. The lowest BCUT2D eigenvalue weighted by atomic mass is 10.1. The number of hydrogen-bond acceptors (Lipinski definition) is 3. The summed E-state index contributed by atoms with van der Waals surface area (Å²) < 4.78 is 0. The highest BCUT2D eigenvalue weighted by Gasteiger charge is 2.23. The molecule has 0 aromatic carbocycles. The molecule has 7 nitrogen and oxygen atoms in total. The summed E-state index contributed by atoms with van der Waals surface area (Å²) in [6.45, 7) is 13.0. The topological polar surface area (TPSA) is 77.0 Å². The maximum absolute atomic E-state index is 12.4. The van der Waals surface area contributed by atoms with Crippen molar-refractivity contribution in [2.45, 2.75) is 66.2 Å². The standard InChI is InChI=1S/C22H43N5O2/c1-18(2)10-12-25-22(23-5)24-11-8-6-7-9-20(28)26-13-15-27(16-14-26)21(29)17-19(3)4/h18-19H,6-17H2,1-5H3,(H2,23,24,25). The van der Waals surface area contributed by atoms with E-state index >= 15 is 0 Å². The van der Waals surface area contributed by atoms with Crippen LogP contribution in [-0.2, 0) is 9.59 Å². The molecule has 0 atom stereocenters. The molecule has 0 aromatic rings. The first-order chi connectivity index (χ1) is 13.8. The van der Waals surface area contributed by atoms with Crippen molar-refractivity contribution in [2.24, 2.45) is 16.8 Å². The molecule has 0 aromatic heterocycles. The number of nitrogens with zero attached hydrogens (tertiary/aromatic N) is 3. The van der Waals surface area contributed by atoms with E-state index in [0.717, 1.165) is 44.7 Å². The second-order valence-corrected chi connectivity index (χ2v) is 8.78. The SMILES string of the molecule is CN=C(NCCCCCC(=O)N1CCN(C(=O)CC(C)C)CC1)NCCC(C)C. The maximum atomic E-state index is 12.4. The molecule has 1 rings (SSSR count). The van der Waals surface area contributed by atoms with Crippen molar-refractivity contribution in [2.75, 3.05) is 46.3 Å². The van der Waals surface area contributed by atoms with Crippen LogP contribution in [0.1, 0.15) is 66.2 Å². The summed E-state index contributed by atoms with van der Waals surface area (Å²) in [6.07, 6.45) is 5.28. The lowest BCUT2D eigenvalue weighted by molar-refractivity contribution is -0.140. The molecule has 0 unspecified atom stereocenters. The molecular weight excluding hydrogens is 366 g/mol. The van der Waals surface area contributed by atoms with E-state index in [4.69, 9.17) is 0 Å². The monoisotopic (exact) mass is 409 g/mol. The smallest absolute Gasteiger partial charge is 0.222 e. The summed E-state index contributed by atoms with van der Waals surface area (Å²) in [5, 5.41) is 6.65. The van der Waals surface area contributed by atoms with Gasteiger partial charge in [-0.2, -0.15) is 0 Å². The normalized spacial score (nSPS) is 15.2. The number of aliphatic imine (C=N–C) groups is 1. The van der Waals surface area contributed by atoms with Crippen LogP contribution in [-0.4, -0.2) is 73.9 Å². The van der Waals surface area contributed by atoms with E-state index in [9.17, 15) is 9.59 Å². The third kappa shape index (κ3) is 11.1. The predicted octanol–water partition coefficient (Wildman–Crippen LogP) is 2.47. The summed E-state index contributed by atoms with van der Waals surface area (Å²) in [5.74, 6) is 2.36. The number of carbonyl (C=O) groups excluding carboxylic acids is 2. The average Bonchev–Trinajstić information content (AvgIpc) is 2.68. The fraction of sp³-hybridized carbons (Fsp3) is 0.864. The molecule has 29 heavy (non-hydrogen) atoms. The van der Waals surface area contributed by atoms with Gasteiger partial charge in [0.2, 0.25) is 11.8 Å². The molecule has 1 heterocycles. The molecule has 2 amide bonds. The Kier molecular flexibility index (Phi) is 12.4. The Hall–Kier alpha value is -1.79. The molecule has 7 heteroatoms. The Balaban J connectivity index is 2.10. The van der Waals surface area contributed by atoms with Crippen LogP contribution >= 0.6 is 0 Å². The zero-order valence-electron chi connectivity index (χ0n) is 19.3. The van der Waals surface area contributed by atoms with Crippen LogP contribution in [0.4, 0.5) is 0 Å². The van der Waals surface area contributed by atoms with Gasteiger partial charge in [-0.3, -0.25) is 14.6 Å². The van der Waals surface area contributed by atoms with E-state index in [0.29, 0.717) is 50.9 Å². The van der Waals surface area contributed by atoms with Crippen molar-refractivity contribution in [3.05, 3.63) is 0 Å². The molecule has 1 fully saturated rings. The van der Waals surface area contributed by atoms with Crippen molar-refractivity contribution >= 4 is 17.8 Å². The van der Waals surface area contributed by atoms with Crippen LogP contribution in [0.2, 0.25) is 0 Å². The molecule has 1 aliphatic heterocycles. The first-order valence-corrected chi connectivity index (χ1v) is 11.3. The number of nitrogens with one attached hydrogen (secondary N) is 2. The quantitative estimate of drug-likeness (QED) is 0.312. The molecule has 0 bridgehead atoms. The second kappa shape index (κ2) is 14.2. The Morgan fingerprint density at radius 3 is 1.97 bits per heavy atom. The van der Waals surface area contributed by atoms with E-state index in [1.54, 1.807) is 7.05 Å². The molecule has 0 spiro atoms. The van der Waals surface area contributed by atoms with Gasteiger partial charge in [0.25, 0.3) is 0 Å². The third-order valence-electron chi connectivity index (χ3n) is 5.17. The predicted molar refractivity (Wildman–Crippen MR) is 120 cm³/mol. The summed E-state index contributed by atoms with van der Waals surface area (Å²) >= 11 is 0. The van der Waals surface area contributed by atoms with Crippen LogP contribution in [0.25, 0.3) is 0 Å². The number of hydrogen-bond donors (Lipinski definition) is 2. The van der Waals surface area contributed by atoms with Gasteiger partial charge in [0.05, 0.1) is 0 Å². The zero-order chi connectivity index (χ0) is 21.6. The number of amides is 2. The highest BCUT2D eigenvalue weighted by molar-refractivity contribution is 5.79. The molecule has 1 aliphatic rings. The molecule has 168 valence electrons. The Morgan fingerprint density at radius 2 is 1.41 bits per heavy atom. The van der Waals surface area contributed by atoms with E-state index in [-0.39, 0.29) is 11.8 Å². The van der Waals surface area contributed by atoms with Gasteiger partial charge in [0, 0.05) is 59.2 Å². The van der Waals surface area contributed by atoms with Crippen LogP contribution in [0.5, 0.6) is 0 Å². The minimum absolute atomic E-state index is 0.216. The second-order valence-electron chi connectivity index (χ2n) is 8.78. The fourth-order valence-electron chi connectivity index (χ4n) is 3.33. The van der Waals surface area contributed by atoms with Gasteiger partial charge in [-0.15, -0.1) is 0 Å². The summed E-state index contributed by atoms with van der Waals surface area (Å²) in [4.78, 5) is 32.6. The number of piperazine rings is 1. The molecule has 1 saturated heterocycles. The van der Waals surface area contributed by atoms with Gasteiger partial charge >= 0.3 is 0 Å². The third-order valence-corrected chi connectivity index (χ3v) is 5.17. The lowest BCUT2D eigenvalue weighted by Gasteiger charge is -2.35. The van der Waals surface area contributed by atoms with Crippen molar-refractivity contribution in [3.63, 3.8) is 0 Å². The number of carbonyl (C=O) groups is 2. The van der Waals surface area contributed by atoms with Crippen molar-refractivity contribution < 1.29 is 9.59 Å². The highest BCUT2D eigenvalue weighted by Crippen LogP contribution is 2.10. The summed E-state index contributed by atoms with van der Waals surface area (Å²) in [7, 11) is 1.79. The highest BCUT2D eigenvalue weighted by atomic mass is 16.2. The van der Waals surface area contributed by atoms with E-state index in [2.05, 4.69) is 43.3 Å². The van der Waals surface area contributed by atoms with Crippen molar-refractivity contribution in [1.29, 1.82) is 0 Å². The van der Waals surface area contributed by atoms with Gasteiger partial charge in [-0.25, -0.2) is 0 Å². The van der Waals surface area contributed by atoms with Crippen LogP contribution in [0, 0.1) is 11.8 Å². The minimum atomic E-state index is 0.216. The molecule has 0 radical (unpaired) electrons. The molecular formula is C22H43N5O2. The first kappa shape index (κ1) is 25.2. The van der Waals surface area contributed by atoms with Gasteiger partial charge < -0.3 is 20.4 Å². The van der Waals surface area contributed by atoms with E-state index in [1.165, 1.54) is 0 Å². The minimum Gasteiger partial charge on any atom is -0.356 e. The summed E-state index contributed by atoms with van der Waals surface area (Å²) in [6, 6.07) is 0. The van der Waals surface area contributed by atoms with E-state index in [1.807, 2.05) is 9.80 Å². The molecule has 0 aliphatic carbocycles. The number of unbranched alkanes of at least 4 members (excludes halogenated alkanes) is 2.